The second-order valence-electron chi connectivity index (χ2n) is 5.14. The highest BCUT2D eigenvalue weighted by Crippen LogP contribution is 2.57. The van der Waals surface area contributed by atoms with E-state index in [4.69, 9.17) is 11.0 Å². The fraction of sp³-hybridized carbons (Fsp3) is 0.214. The number of alkyl halides is 6. The van der Waals surface area contributed by atoms with Crippen LogP contribution in [0, 0.1) is 26.9 Å². The highest BCUT2D eigenvalue weighted by Gasteiger charge is 2.73. The number of anilines is 1. The van der Waals surface area contributed by atoms with E-state index in [0.717, 1.165) is 24.3 Å². The SMILES string of the molecule is N#CC1=C(N)N(c2cccc([N+](=O)[O-])c2)C=CC1(C(F)(F)F)C(F)(F)F. The van der Waals surface area contributed by atoms with E-state index in [1.54, 1.807) is 0 Å². The van der Waals surface area contributed by atoms with E-state index >= 15 is 0 Å². The number of hydrogen-bond donors (Lipinski definition) is 1. The third-order valence-corrected chi connectivity index (χ3v) is 3.71. The summed E-state index contributed by atoms with van der Waals surface area (Å²) >= 11 is 0. The molecule has 0 bridgehead atoms. The number of rotatable bonds is 2. The van der Waals surface area contributed by atoms with E-state index in [1.165, 1.54) is 6.07 Å². The maximum absolute atomic E-state index is 13.3. The van der Waals surface area contributed by atoms with E-state index in [2.05, 4.69) is 0 Å². The number of allylic oxidation sites excluding steroid dienone is 2. The number of non-ortho nitro benzene ring substituents is 1. The number of nitrogens with two attached hydrogens (primary N) is 1. The summed E-state index contributed by atoms with van der Waals surface area (Å²) in [6, 6.07) is 5.18. The summed E-state index contributed by atoms with van der Waals surface area (Å²) in [7, 11) is 0. The molecular weight excluding hydrogens is 370 g/mol. The van der Waals surface area contributed by atoms with Crippen molar-refractivity contribution in [3.8, 4) is 6.07 Å². The molecule has 138 valence electrons. The number of nitro groups is 1. The van der Waals surface area contributed by atoms with Gasteiger partial charge in [-0.25, -0.2) is 0 Å². The average molecular weight is 378 g/mol. The maximum Gasteiger partial charge on any atom is 0.411 e. The van der Waals surface area contributed by atoms with Crippen molar-refractivity contribution >= 4 is 11.4 Å². The molecule has 1 aromatic rings. The molecule has 0 aliphatic carbocycles. The van der Waals surface area contributed by atoms with Crippen molar-refractivity contribution < 1.29 is 31.3 Å². The zero-order valence-corrected chi connectivity index (χ0v) is 12.5. The van der Waals surface area contributed by atoms with Gasteiger partial charge in [-0.15, -0.1) is 0 Å². The van der Waals surface area contributed by atoms with Crippen molar-refractivity contribution in [2.45, 2.75) is 12.4 Å². The zero-order chi connectivity index (χ0) is 19.9. The Bertz CT molecular complexity index is 836. The van der Waals surface area contributed by atoms with E-state index in [0.29, 0.717) is 11.1 Å². The predicted molar refractivity (Wildman–Crippen MR) is 76.1 cm³/mol. The average Bonchev–Trinajstić information content (AvgIpc) is 2.52. The molecule has 26 heavy (non-hydrogen) atoms. The first kappa shape index (κ1) is 19.1. The number of nitrogens with zero attached hydrogens (tertiary/aromatic N) is 3. The van der Waals surface area contributed by atoms with Crippen LogP contribution < -0.4 is 10.6 Å². The summed E-state index contributed by atoms with van der Waals surface area (Å²) in [5.74, 6) is -1.13. The first-order valence-corrected chi connectivity index (χ1v) is 6.63. The van der Waals surface area contributed by atoms with Gasteiger partial charge < -0.3 is 10.6 Å². The van der Waals surface area contributed by atoms with Crippen LogP contribution in [0.3, 0.4) is 0 Å². The highest BCUT2D eigenvalue weighted by atomic mass is 19.4. The zero-order valence-electron chi connectivity index (χ0n) is 12.5. The Morgan fingerprint density at radius 1 is 1.19 bits per heavy atom. The fourth-order valence-electron chi connectivity index (χ4n) is 2.43. The van der Waals surface area contributed by atoms with Gasteiger partial charge in [-0.05, 0) is 12.1 Å². The minimum atomic E-state index is -5.88. The molecule has 0 atom stereocenters. The molecule has 1 heterocycles. The molecule has 0 spiro atoms. The van der Waals surface area contributed by atoms with Crippen molar-refractivity contribution in [1.82, 2.24) is 0 Å². The number of nitriles is 1. The van der Waals surface area contributed by atoms with Crippen LogP contribution in [-0.2, 0) is 0 Å². The fourth-order valence-corrected chi connectivity index (χ4v) is 2.43. The summed E-state index contributed by atoms with van der Waals surface area (Å²) in [4.78, 5) is 10.6. The van der Waals surface area contributed by atoms with Crippen LogP contribution in [-0.4, -0.2) is 17.3 Å². The van der Waals surface area contributed by atoms with E-state index < -0.39 is 39.8 Å². The summed E-state index contributed by atoms with van der Waals surface area (Å²) in [5.41, 5.74) is -1.57. The van der Waals surface area contributed by atoms with Crippen LogP contribution in [0.1, 0.15) is 0 Å². The smallest absolute Gasteiger partial charge is 0.384 e. The van der Waals surface area contributed by atoms with Gasteiger partial charge >= 0.3 is 12.4 Å². The Morgan fingerprint density at radius 2 is 1.77 bits per heavy atom. The summed E-state index contributed by atoms with van der Waals surface area (Å²) in [6.45, 7) is 0. The molecule has 2 rings (SSSR count). The van der Waals surface area contributed by atoms with Crippen LogP contribution in [0.5, 0.6) is 0 Å². The topological polar surface area (TPSA) is 96.2 Å². The van der Waals surface area contributed by atoms with Crippen LogP contribution >= 0.6 is 0 Å². The largest absolute Gasteiger partial charge is 0.411 e. The third kappa shape index (κ3) is 2.71. The van der Waals surface area contributed by atoms with Gasteiger partial charge in [0.2, 0.25) is 5.41 Å². The molecule has 1 aromatic carbocycles. The number of nitro benzene ring substituents is 1. The molecule has 0 fully saturated rings. The molecule has 1 aliphatic rings. The molecular formula is C14H8F6N4O2. The van der Waals surface area contributed by atoms with E-state index in [-0.39, 0.29) is 11.8 Å². The van der Waals surface area contributed by atoms with Crippen LogP contribution in [0.2, 0.25) is 0 Å². The van der Waals surface area contributed by atoms with E-state index in [1.807, 2.05) is 0 Å². The lowest BCUT2D eigenvalue weighted by molar-refractivity contribution is -0.384. The molecule has 0 amide bonds. The van der Waals surface area contributed by atoms with Gasteiger partial charge in [-0.2, -0.15) is 31.6 Å². The Kier molecular flexibility index (Phi) is 4.36. The monoisotopic (exact) mass is 378 g/mol. The predicted octanol–water partition coefficient (Wildman–Crippen LogP) is 3.73. The van der Waals surface area contributed by atoms with E-state index in [9.17, 15) is 36.5 Å². The lowest BCUT2D eigenvalue weighted by Crippen LogP contribution is -2.53. The minimum Gasteiger partial charge on any atom is -0.384 e. The molecule has 2 N–H and O–H groups in total. The number of benzene rings is 1. The van der Waals surface area contributed by atoms with Gasteiger partial charge in [-0.3, -0.25) is 10.1 Å². The number of halogens is 6. The van der Waals surface area contributed by atoms with Crippen molar-refractivity contribution in [1.29, 1.82) is 5.26 Å². The van der Waals surface area contributed by atoms with Crippen molar-refractivity contribution in [2.24, 2.45) is 11.1 Å². The van der Waals surface area contributed by atoms with Crippen LogP contribution in [0.25, 0.3) is 0 Å². The Morgan fingerprint density at radius 3 is 2.23 bits per heavy atom. The normalized spacial score (nSPS) is 17.2. The van der Waals surface area contributed by atoms with Gasteiger partial charge in [0.15, 0.2) is 0 Å². The standard InChI is InChI=1S/C14H8F6N4O2/c15-13(16,17)12(14(18,19)20)4-5-23(11(22)10(12)7-21)8-2-1-3-9(6-8)24(25)26/h1-6H,22H2. The second kappa shape index (κ2) is 5.94. The first-order chi connectivity index (χ1) is 11.9. The lowest BCUT2D eigenvalue weighted by Gasteiger charge is -2.39. The van der Waals surface area contributed by atoms with Gasteiger partial charge in [-0.1, -0.05) is 6.07 Å². The first-order valence-electron chi connectivity index (χ1n) is 6.63. The Labute approximate surface area is 141 Å². The second-order valence-corrected chi connectivity index (χ2v) is 5.14. The van der Waals surface area contributed by atoms with Crippen molar-refractivity contribution in [2.75, 3.05) is 4.90 Å². The molecule has 6 nitrogen and oxygen atoms in total. The quantitative estimate of drug-likeness (QED) is 0.481. The molecule has 0 radical (unpaired) electrons. The maximum atomic E-state index is 13.3. The summed E-state index contributed by atoms with van der Waals surface area (Å²) < 4.78 is 79.7. The van der Waals surface area contributed by atoms with Crippen LogP contribution in [0.4, 0.5) is 37.7 Å². The van der Waals surface area contributed by atoms with Crippen LogP contribution in [0.15, 0.2) is 47.9 Å². The summed E-state index contributed by atoms with van der Waals surface area (Å²) in [5, 5.41) is 19.8. The molecule has 0 aromatic heterocycles. The van der Waals surface area contributed by atoms with Gasteiger partial charge in [0, 0.05) is 18.3 Å². The molecule has 0 unspecified atom stereocenters. The van der Waals surface area contributed by atoms with Gasteiger partial charge in [0.1, 0.15) is 11.9 Å². The Hall–Kier alpha value is -3.23. The minimum absolute atomic E-state index is 0.182. The van der Waals surface area contributed by atoms with Gasteiger partial charge in [0.05, 0.1) is 16.2 Å². The third-order valence-electron chi connectivity index (χ3n) is 3.71. The summed E-state index contributed by atoms with van der Waals surface area (Å²) in [6.07, 6.45) is -11.6. The number of hydrogen-bond acceptors (Lipinski definition) is 5. The molecule has 0 saturated carbocycles. The highest BCUT2D eigenvalue weighted by molar-refractivity contribution is 5.63. The molecule has 0 saturated heterocycles. The van der Waals surface area contributed by atoms with Crippen molar-refractivity contribution in [3.63, 3.8) is 0 Å². The molecule has 12 heteroatoms. The molecule has 1 aliphatic heterocycles. The van der Waals surface area contributed by atoms with Crippen molar-refractivity contribution in [3.05, 3.63) is 58.0 Å². The Balaban J connectivity index is 2.70. The lowest BCUT2D eigenvalue weighted by atomic mass is 9.77. The van der Waals surface area contributed by atoms with Gasteiger partial charge in [0.25, 0.3) is 5.69 Å².